The van der Waals surface area contributed by atoms with Gasteiger partial charge in [-0.2, -0.15) is 13.2 Å². The van der Waals surface area contributed by atoms with Gasteiger partial charge in [0.05, 0.1) is 11.1 Å². The zero-order valence-electron chi connectivity index (χ0n) is 13.8. The van der Waals surface area contributed by atoms with Gasteiger partial charge in [-0.25, -0.2) is 0 Å². The first-order valence-corrected chi connectivity index (χ1v) is 8.78. The standard InChI is InChI=1S/C18H17F3INO3/c1-11-3-2-4-15(16(11)22)17(25)23-9-13(24)10-26-14-7-5-12(6-8-14)18(19,20)21/h2-8,13,24H,9-10H2,1H3,(H,23,25). The van der Waals surface area contributed by atoms with Gasteiger partial charge < -0.3 is 15.2 Å². The van der Waals surface area contributed by atoms with Crippen molar-refractivity contribution in [1.82, 2.24) is 5.32 Å². The Morgan fingerprint density at radius 3 is 2.50 bits per heavy atom. The first-order valence-electron chi connectivity index (χ1n) is 7.70. The van der Waals surface area contributed by atoms with Crippen LogP contribution in [-0.2, 0) is 6.18 Å². The molecule has 1 atom stereocenters. The molecule has 0 spiro atoms. The predicted molar refractivity (Wildman–Crippen MR) is 99.2 cm³/mol. The summed E-state index contributed by atoms with van der Waals surface area (Å²) < 4.78 is 43.5. The summed E-state index contributed by atoms with van der Waals surface area (Å²) in [6, 6.07) is 9.54. The minimum atomic E-state index is -4.41. The molecule has 0 radical (unpaired) electrons. The van der Waals surface area contributed by atoms with E-state index in [0.717, 1.165) is 21.3 Å². The molecule has 0 aliphatic heterocycles. The maximum atomic E-state index is 12.5. The van der Waals surface area contributed by atoms with E-state index in [1.54, 1.807) is 12.1 Å². The fourth-order valence-electron chi connectivity index (χ4n) is 2.12. The summed E-state index contributed by atoms with van der Waals surface area (Å²) in [5.41, 5.74) is 0.719. The van der Waals surface area contributed by atoms with Gasteiger partial charge in [0.1, 0.15) is 18.5 Å². The number of aliphatic hydroxyl groups is 1. The van der Waals surface area contributed by atoms with Crippen LogP contribution in [0.25, 0.3) is 0 Å². The number of ether oxygens (including phenoxy) is 1. The predicted octanol–water partition coefficient (Wildman–Crippen LogP) is 3.79. The monoisotopic (exact) mass is 479 g/mol. The van der Waals surface area contributed by atoms with Gasteiger partial charge in [0, 0.05) is 10.1 Å². The van der Waals surface area contributed by atoms with Crippen LogP contribution in [-0.4, -0.2) is 30.3 Å². The van der Waals surface area contributed by atoms with Crippen molar-refractivity contribution in [2.24, 2.45) is 0 Å². The number of aryl methyl sites for hydroxylation is 1. The number of amides is 1. The van der Waals surface area contributed by atoms with Crippen LogP contribution in [0.4, 0.5) is 13.2 Å². The maximum Gasteiger partial charge on any atom is 0.416 e. The zero-order chi connectivity index (χ0) is 19.3. The van der Waals surface area contributed by atoms with Gasteiger partial charge in [0.25, 0.3) is 5.91 Å². The van der Waals surface area contributed by atoms with E-state index in [4.69, 9.17) is 4.74 Å². The average molecular weight is 479 g/mol. The molecule has 2 N–H and O–H groups in total. The molecular formula is C18H17F3INO3. The van der Waals surface area contributed by atoms with Crippen molar-refractivity contribution in [3.63, 3.8) is 0 Å². The van der Waals surface area contributed by atoms with Gasteiger partial charge in [-0.1, -0.05) is 12.1 Å². The zero-order valence-corrected chi connectivity index (χ0v) is 16.0. The van der Waals surface area contributed by atoms with Gasteiger partial charge in [0.15, 0.2) is 0 Å². The molecule has 0 fully saturated rings. The van der Waals surface area contributed by atoms with Crippen LogP contribution >= 0.6 is 22.6 Å². The second-order valence-corrected chi connectivity index (χ2v) is 6.71. The van der Waals surface area contributed by atoms with Crippen molar-refractivity contribution in [2.45, 2.75) is 19.2 Å². The fraction of sp³-hybridized carbons (Fsp3) is 0.278. The van der Waals surface area contributed by atoms with E-state index in [0.29, 0.717) is 5.56 Å². The van der Waals surface area contributed by atoms with Crippen LogP contribution in [0.1, 0.15) is 21.5 Å². The van der Waals surface area contributed by atoms with E-state index < -0.39 is 17.8 Å². The van der Waals surface area contributed by atoms with Crippen LogP contribution in [0.15, 0.2) is 42.5 Å². The van der Waals surface area contributed by atoms with Crippen LogP contribution < -0.4 is 10.1 Å². The van der Waals surface area contributed by atoms with Crippen molar-refractivity contribution >= 4 is 28.5 Å². The molecule has 0 aliphatic rings. The third kappa shape index (κ3) is 5.60. The quantitative estimate of drug-likeness (QED) is 0.621. The Hall–Kier alpha value is -1.81. The molecule has 0 saturated heterocycles. The van der Waals surface area contributed by atoms with E-state index in [1.807, 2.05) is 13.0 Å². The van der Waals surface area contributed by atoms with Gasteiger partial charge in [0.2, 0.25) is 0 Å². The normalized spacial score (nSPS) is 12.5. The number of halogens is 4. The Morgan fingerprint density at radius 2 is 1.88 bits per heavy atom. The van der Waals surface area contributed by atoms with Gasteiger partial charge >= 0.3 is 6.18 Å². The third-order valence-electron chi connectivity index (χ3n) is 3.56. The summed E-state index contributed by atoms with van der Waals surface area (Å²) in [5, 5.41) is 12.5. The lowest BCUT2D eigenvalue weighted by Gasteiger charge is -2.14. The molecule has 8 heteroatoms. The molecule has 26 heavy (non-hydrogen) atoms. The number of carbonyl (C=O) groups excluding carboxylic acids is 1. The molecule has 0 saturated carbocycles. The lowest BCUT2D eigenvalue weighted by molar-refractivity contribution is -0.137. The molecule has 4 nitrogen and oxygen atoms in total. The molecule has 0 heterocycles. The second-order valence-electron chi connectivity index (χ2n) is 5.63. The van der Waals surface area contributed by atoms with E-state index in [9.17, 15) is 23.1 Å². The van der Waals surface area contributed by atoms with E-state index >= 15 is 0 Å². The van der Waals surface area contributed by atoms with Gasteiger partial charge in [-0.15, -0.1) is 0 Å². The summed E-state index contributed by atoms with van der Waals surface area (Å²) in [6.45, 7) is 1.70. The molecular weight excluding hydrogens is 462 g/mol. The molecule has 1 unspecified atom stereocenters. The molecule has 1 amide bonds. The Balaban J connectivity index is 1.82. The highest BCUT2D eigenvalue weighted by atomic mass is 127. The van der Waals surface area contributed by atoms with E-state index in [2.05, 4.69) is 27.9 Å². The van der Waals surface area contributed by atoms with Crippen molar-refractivity contribution in [3.8, 4) is 5.75 Å². The molecule has 0 bridgehead atoms. The van der Waals surface area contributed by atoms with Crippen molar-refractivity contribution in [3.05, 3.63) is 62.7 Å². The molecule has 2 rings (SSSR count). The van der Waals surface area contributed by atoms with Crippen LogP contribution in [0.2, 0.25) is 0 Å². The molecule has 0 aliphatic carbocycles. The topological polar surface area (TPSA) is 58.6 Å². The van der Waals surface area contributed by atoms with E-state index in [1.165, 1.54) is 12.1 Å². The Bertz CT molecular complexity index is 763. The molecule has 0 aromatic heterocycles. The maximum absolute atomic E-state index is 12.5. The number of benzene rings is 2. The third-order valence-corrected chi connectivity index (χ3v) is 4.99. The Kier molecular flexibility index (Phi) is 6.87. The lowest BCUT2D eigenvalue weighted by atomic mass is 10.1. The minimum absolute atomic E-state index is 0.0382. The van der Waals surface area contributed by atoms with E-state index in [-0.39, 0.29) is 24.8 Å². The highest BCUT2D eigenvalue weighted by molar-refractivity contribution is 14.1. The highest BCUT2D eigenvalue weighted by Crippen LogP contribution is 2.30. The summed E-state index contributed by atoms with van der Waals surface area (Å²) in [4.78, 5) is 12.2. The molecule has 140 valence electrons. The summed E-state index contributed by atoms with van der Waals surface area (Å²) in [5.74, 6) is -0.108. The summed E-state index contributed by atoms with van der Waals surface area (Å²) in [6.07, 6.45) is -5.40. The number of aliphatic hydroxyl groups excluding tert-OH is 1. The lowest BCUT2D eigenvalue weighted by Crippen LogP contribution is -2.35. The number of hydrogen-bond donors (Lipinski definition) is 2. The first-order chi connectivity index (χ1) is 12.2. The number of carbonyl (C=O) groups is 1. The van der Waals surface area contributed by atoms with Crippen LogP contribution in [0.3, 0.4) is 0 Å². The molecule has 2 aromatic rings. The largest absolute Gasteiger partial charge is 0.491 e. The highest BCUT2D eigenvalue weighted by Gasteiger charge is 2.30. The number of rotatable bonds is 6. The number of hydrogen-bond acceptors (Lipinski definition) is 3. The summed E-state index contributed by atoms with van der Waals surface area (Å²) in [7, 11) is 0. The van der Waals surface area contributed by atoms with Crippen molar-refractivity contribution in [2.75, 3.05) is 13.2 Å². The first kappa shape index (κ1) is 20.5. The van der Waals surface area contributed by atoms with Gasteiger partial charge in [-0.3, -0.25) is 4.79 Å². The Labute approximate surface area is 162 Å². The molecule has 2 aromatic carbocycles. The number of alkyl halides is 3. The number of nitrogens with one attached hydrogen (secondary N) is 1. The Morgan fingerprint density at radius 1 is 1.23 bits per heavy atom. The second kappa shape index (κ2) is 8.72. The SMILES string of the molecule is Cc1cccc(C(=O)NCC(O)COc2ccc(C(F)(F)F)cc2)c1I. The van der Waals surface area contributed by atoms with Crippen LogP contribution in [0, 0.1) is 10.5 Å². The fourth-order valence-corrected chi connectivity index (χ4v) is 2.72. The summed E-state index contributed by atoms with van der Waals surface area (Å²) >= 11 is 2.08. The smallest absolute Gasteiger partial charge is 0.416 e. The average Bonchev–Trinajstić information content (AvgIpc) is 2.59. The minimum Gasteiger partial charge on any atom is -0.491 e. The van der Waals surface area contributed by atoms with Crippen molar-refractivity contribution < 1.29 is 27.8 Å². The van der Waals surface area contributed by atoms with Crippen LogP contribution in [0.5, 0.6) is 5.75 Å². The van der Waals surface area contributed by atoms with Gasteiger partial charge in [-0.05, 0) is 65.4 Å². The van der Waals surface area contributed by atoms with Crippen molar-refractivity contribution in [1.29, 1.82) is 0 Å².